The van der Waals surface area contributed by atoms with Gasteiger partial charge in [0.2, 0.25) is 0 Å². The SMILES string of the molecule is CCCCC/C=C\C/C=C\C/C=C\C/C=C\C/C=C\CCC(=O)OC(COC(=O)CCCCCCCCCCCCCC)COC(=O)CCCCCCCCCCCCCC. The number of ether oxygens (including phenoxy) is 3. The summed E-state index contributed by atoms with van der Waals surface area (Å²) in [5.41, 5.74) is 0. The number of unbranched alkanes of at least 4 members (excludes halogenated alkanes) is 25. The molecule has 0 aliphatic carbocycles. The van der Waals surface area contributed by atoms with Crippen LogP contribution >= 0.6 is 0 Å². The predicted molar refractivity (Wildman–Crippen MR) is 261 cm³/mol. The third-order valence-electron chi connectivity index (χ3n) is 11.0. The van der Waals surface area contributed by atoms with E-state index in [-0.39, 0.29) is 37.5 Å². The Kier molecular flexibility index (Phi) is 47.4. The van der Waals surface area contributed by atoms with Crippen LogP contribution in [0.15, 0.2) is 60.8 Å². The van der Waals surface area contributed by atoms with Gasteiger partial charge in [0.1, 0.15) is 13.2 Å². The summed E-state index contributed by atoms with van der Waals surface area (Å²) < 4.78 is 16.7. The van der Waals surface area contributed by atoms with Crippen LogP contribution in [0.1, 0.15) is 252 Å². The van der Waals surface area contributed by atoms with Crippen LogP contribution in [-0.2, 0) is 28.6 Å². The second kappa shape index (κ2) is 49.8. The molecular weight excluding hydrogens is 757 g/mol. The maximum atomic E-state index is 12.8. The molecule has 0 bridgehead atoms. The first kappa shape index (κ1) is 58.1. The number of carbonyl (C=O) groups is 3. The second-order valence-electron chi connectivity index (χ2n) is 17.1. The van der Waals surface area contributed by atoms with Crippen molar-refractivity contribution in [2.45, 2.75) is 258 Å². The second-order valence-corrected chi connectivity index (χ2v) is 17.1. The van der Waals surface area contributed by atoms with Crippen LogP contribution in [0.25, 0.3) is 0 Å². The van der Waals surface area contributed by atoms with Gasteiger partial charge in [-0.05, 0) is 57.8 Å². The van der Waals surface area contributed by atoms with Crippen LogP contribution < -0.4 is 0 Å². The standard InChI is InChI=1S/C55H96O6/c1-4-7-10-13-16-19-22-25-26-27-28-29-30-31-34-37-40-43-46-49-55(58)61-52(50-59-53(56)47-44-41-38-35-32-23-20-17-14-11-8-5-2)51-60-54(57)48-45-42-39-36-33-24-21-18-15-12-9-6-3/h16,19,25-26,28-29,31,34,40,43,52H,4-15,17-18,20-24,27,30,32-33,35-39,41-42,44-51H2,1-3H3/b19-16-,26-25-,29-28-,34-31-,43-40-. The minimum atomic E-state index is -0.808. The molecule has 0 spiro atoms. The topological polar surface area (TPSA) is 78.9 Å². The van der Waals surface area contributed by atoms with E-state index >= 15 is 0 Å². The zero-order valence-corrected chi connectivity index (χ0v) is 40.2. The number of hydrogen-bond acceptors (Lipinski definition) is 6. The van der Waals surface area contributed by atoms with Gasteiger partial charge >= 0.3 is 17.9 Å². The minimum Gasteiger partial charge on any atom is -0.462 e. The van der Waals surface area contributed by atoms with E-state index in [1.54, 1.807) is 0 Å². The zero-order chi connectivity index (χ0) is 44.4. The third-order valence-corrected chi connectivity index (χ3v) is 11.0. The average Bonchev–Trinajstić information content (AvgIpc) is 3.26. The number of carbonyl (C=O) groups excluding carboxylic acids is 3. The molecule has 61 heavy (non-hydrogen) atoms. The summed E-state index contributed by atoms with van der Waals surface area (Å²) >= 11 is 0. The summed E-state index contributed by atoms with van der Waals surface area (Å²) in [5.74, 6) is -0.979. The molecule has 0 radical (unpaired) electrons. The lowest BCUT2D eigenvalue weighted by Gasteiger charge is -2.18. The lowest BCUT2D eigenvalue weighted by Crippen LogP contribution is -2.30. The van der Waals surface area contributed by atoms with Gasteiger partial charge in [0.25, 0.3) is 0 Å². The van der Waals surface area contributed by atoms with E-state index in [0.717, 1.165) is 64.2 Å². The van der Waals surface area contributed by atoms with E-state index in [1.165, 1.54) is 141 Å². The van der Waals surface area contributed by atoms with E-state index in [2.05, 4.69) is 75.5 Å². The van der Waals surface area contributed by atoms with E-state index in [4.69, 9.17) is 14.2 Å². The first-order chi connectivity index (χ1) is 30.0. The Labute approximate surface area is 377 Å². The molecule has 0 unspecified atom stereocenters. The number of hydrogen-bond donors (Lipinski definition) is 0. The summed E-state index contributed by atoms with van der Waals surface area (Å²) in [6, 6.07) is 0. The molecule has 6 nitrogen and oxygen atoms in total. The van der Waals surface area contributed by atoms with Crippen molar-refractivity contribution in [3.63, 3.8) is 0 Å². The fourth-order valence-electron chi connectivity index (χ4n) is 7.13. The van der Waals surface area contributed by atoms with Gasteiger partial charge < -0.3 is 14.2 Å². The summed E-state index contributed by atoms with van der Waals surface area (Å²) in [4.78, 5) is 37.9. The normalized spacial score (nSPS) is 12.1. The van der Waals surface area contributed by atoms with Crippen LogP contribution in [0.2, 0.25) is 0 Å². The van der Waals surface area contributed by atoms with Crippen molar-refractivity contribution < 1.29 is 28.6 Å². The molecule has 0 aromatic carbocycles. The Morgan fingerprint density at radius 2 is 0.623 bits per heavy atom. The molecule has 0 atom stereocenters. The molecule has 0 saturated heterocycles. The van der Waals surface area contributed by atoms with Crippen molar-refractivity contribution in [3.05, 3.63) is 60.8 Å². The summed E-state index contributed by atoms with van der Waals surface area (Å²) in [5, 5.41) is 0. The fourth-order valence-corrected chi connectivity index (χ4v) is 7.13. The first-order valence-electron chi connectivity index (χ1n) is 25.8. The smallest absolute Gasteiger partial charge is 0.306 e. The fraction of sp³-hybridized carbons (Fsp3) is 0.764. The van der Waals surface area contributed by atoms with Crippen LogP contribution in [0.3, 0.4) is 0 Å². The van der Waals surface area contributed by atoms with Gasteiger partial charge in [0.05, 0.1) is 0 Å². The molecule has 0 N–H and O–H groups in total. The maximum Gasteiger partial charge on any atom is 0.306 e. The van der Waals surface area contributed by atoms with Crippen molar-refractivity contribution in [1.29, 1.82) is 0 Å². The van der Waals surface area contributed by atoms with E-state index in [1.807, 2.05) is 6.08 Å². The molecule has 0 aliphatic heterocycles. The van der Waals surface area contributed by atoms with Crippen molar-refractivity contribution in [2.24, 2.45) is 0 Å². The zero-order valence-electron chi connectivity index (χ0n) is 40.2. The van der Waals surface area contributed by atoms with E-state index in [9.17, 15) is 14.4 Å². The van der Waals surface area contributed by atoms with Crippen LogP contribution in [0, 0.1) is 0 Å². The Morgan fingerprint density at radius 1 is 0.328 bits per heavy atom. The highest BCUT2D eigenvalue weighted by Crippen LogP contribution is 2.15. The molecule has 0 heterocycles. The monoisotopic (exact) mass is 853 g/mol. The highest BCUT2D eigenvalue weighted by Gasteiger charge is 2.19. The summed E-state index contributed by atoms with van der Waals surface area (Å²) in [6.07, 6.45) is 60.7. The Hall–Kier alpha value is -2.89. The van der Waals surface area contributed by atoms with Crippen molar-refractivity contribution in [3.8, 4) is 0 Å². The molecule has 352 valence electrons. The quantitative estimate of drug-likeness (QED) is 0.0263. The molecule has 0 aliphatic rings. The molecule has 6 heteroatoms. The Bertz CT molecular complexity index is 1070. The van der Waals surface area contributed by atoms with Gasteiger partial charge in [-0.15, -0.1) is 0 Å². The largest absolute Gasteiger partial charge is 0.462 e. The molecular formula is C55H96O6. The predicted octanol–water partition coefficient (Wildman–Crippen LogP) is 16.9. The van der Waals surface area contributed by atoms with Crippen molar-refractivity contribution in [1.82, 2.24) is 0 Å². The van der Waals surface area contributed by atoms with Gasteiger partial charge in [-0.3, -0.25) is 14.4 Å². The molecule has 0 rings (SSSR count). The van der Waals surface area contributed by atoms with E-state index < -0.39 is 6.10 Å². The lowest BCUT2D eigenvalue weighted by molar-refractivity contribution is -0.166. The third kappa shape index (κ3) is 48.0. The molecule has 0 aromatic rings. The highest BCUT2D eigenvalue weighted by atomic mass is 16.6. The minimum absolute atomic E-state index is 0.101. The van der Waals surface area contributed by atoms with Crippen LogP contribution in [0.5, 0.6) is 0 Å². The molecule has 0 saturated carbocycles. The number of allylic oxidation sites excluding steroid dienone is 10. The average molecular weight is 853 g/mol. The number of rotatable bonds is 46. The molecule has 0 fully saturated rings. The summed E-state index contributed by atoms with van der Waals surface area (Å²) in [6.45, 7) is 6.55. The number of esters is 3. The van der Waals surface area contributed by atoms with Crippen LogP contribution in [-0.4, -0.2) is 37.2 Å². The maximum absolute atomic E-state index is 12.8. The first-order valence-corrected chi connectivity index (χ1v) is 25.8. The summed E-state index contributed by atoms with van der Waals surface area (Å²) in [7, 11) is 0. The van der Waals surface area contributed by atoms with Gasteiger partial charge in [-0.1, -0.05) is 236 Å². The van der Waals surface area contributed by atoms with Crippen LogP contribution in [0.4, 0.5) is 0 Å². The van der Waals surface area contributed by atoms with Crippen molar-refractivity contribution >= 4 is 17.9 Å². The Balaban J connectivity index is 4.48. The highest BCUT2D eigenvalue weighted by molar-refractivity contribution is 5.71. The van der Waals surface area contributed by atoms with E-state index in [0.29, 0.717) is 19.3 Å². The van der Waals surface area contributed by atoms with Gasteiger partial charge in [-0.2, -0.15) is 0 Å². The van der Waals surface area contributed by atoms with Crippen molar-refractivity contribution in [2.75, 3.05) is 13.2 Å². The van der Waals surface area contributed by atoms with Gasteiger partial charge in [0, 0.05) is 19.3 Å². The molecule has 0 aromatic heterocycles. The molecule has 0 amide bonds. The van der Waals surface area contributed by atoms with Gasteiger partial charge in [0.15, 0.2) is 6.10 Å². The Morgan fingerprint density at radius 3 is 0.984 bits per heavy atom. The lowest BCUT2D eigenvalue weighted by atomic mass is 10.0. The van der Waals surface area contributed by atoms with Gasteiger partial charge in [-0.25, -0.2) is 0 Å².